The number of nitrogens with zero attached hydrogens (tertiary/aromatic N) is 1. The predicted molar refractivity (Wildman–Crippen MR) is 66.7 cm³/mol. The van der Waals surface area contributed by atoms with E-state index in [0.717, 1.165) is 12.0 Å². The molecule has 0 bridgehead atoms. The fraction of sp³-hybridized carbons (Fsp3) is 0.500. The third-order valence-electron chi connectivity index (χ3n) is 3.04. The highest BCUT2D eigenvalue weighted by Crippen LogP contribution is 2.25. The van der Waals surface area contributed by atoms with Crippen LogP contribution in [-0.2, 0) is 16.1 Å². The van der Waals surface area contributed by atoms with Crippen molar-refractivity contribution in [2.75, 3.05) is 13.7 Å². The lowest BCUT2D eigenvalue weighted by molar-refractivity contribution is -0.141. The summed E-state index contributed by atoms with van der Waals surface area (Å²) in [7, 11) is 1.57. The number of aliphatic carboxylic acids is 1. The van der Waals surface area contributed by atoms with Gasteiger partial charge in [0.2, 0.25) is 0 Å². The molecule has 0 saturated carbocycles. The summed E-state index contributed by atoms with van der Waals surface area (Å²) in [5, 5.41) is 10.9. The lowest BCUT2D eigenvalue weighted by atomic mass is 10.2. The van der Waals surface area contributed by atoms with Crippen LogP contribution in [0, 0.1) is 0 Å². The molecular weight excluding hydrogens is 254 g/mol. The van der Waals surface area contributed by atoms with Crippen LogP contribution in [0.4, 0.5) is 0 Å². The number of hydrogen-bond acceptors (Lipinski definition) is 4. The van der Waals surface area contributed by atoms with Gasteiger partial charge in [-0.1, -0.05) is 0 Å². The molecule has 0 aromatic carbocycles. The summed E-state index contributed by atoms with van der Waals surface area (Å²) in [4.78, 5) is 25.5. The molecule has 0 aliphatic carbocycles. The van der Waals surface area contributed by atoms with E-state index in [1.54, 1.807) is 7.11 Å². The molecule has 1 aromatic rings. The molecule has 1 aliphatic heterocycles. The number of likely N-dealkylation sites (tertiary alicyclic amines) is 1. The summed E-state index contributed by atoms with van der Waals surface area (Å²) in [5.74, 6) is -1.12. The molecule has 1 aromatic heterocycles. The zero-order valence-corrected chi connectivity index (χ0v) is 10.9. The Labute approximate surface area is 109 Å². The van der Waals surface area contributed by atoms with Crippen molar-refractivity contribution in [3.63, 3.8) is 0 Å². The molecule has 2 heterocycles. The molecule has 5 nitrogen and oxygen atoms in total. The maximum absolute atomic E-state index is 12.3. The first-order valence-corrected chi connectivity index (χ1v) is 6.62. The van der Waals surface area contributed by atoms with Crippen LogP contribution in [0.1, 0.15) is 28.1 Å². The van der Waals surface area contributed by atoms with Crippen LogP contribution < -0.4 is 0 Å². The predicted octanol–water partition coefficient (Wildman–Crippen LogP) is 1.58. The van der Waals surface area contributed by atoms with Crippen molar-refractivity contribution in [3.05, 3.63) is 21.9 Å². The number of hydrogen-bond donors (Lipinski definition) is 1. The van der Waals surface area contributed by atoms with Crippen molar-refractivity contribution in [1.82, 2.24) is 4.90 Å². The number of ether oxygens (including phenoxy) is 1. The summed E-state index contributed by atoms with van der Waals surface area (Å²) in [6, 6.07) is 1.16. The topological polar surface area (TPSA) is 66.8 Å². The van der Waals surface area contributed by atoms with Gasteiger partial charge in [0.05, 0.1) is 11.5 Å². The van der Waals surface area contributed by atoms with Gasteiger partial charge in [0.25, 0.3) is 5.91 Å². The van der Waals surface area contributed by atoms with E-state index >= 15 is 0 Å². The zero-order valence-electron chi connectivity index (χ0n) is 10.1. The second-order valence-electron chi connectivity index (χ2n) is 4.20. The SMILES string of the molecule is COCc1ccsc1C(=O)N1CCCC1C(=O)O. The van der Waals surface area contributed by atoms with Gasteiger partial charge in [-0.3, -0.25) is 4.79 Å². The minimum absolute atomic E-state index is 0.193. The van der Waals surface area contributed by atoms with Crippen molar-refractivity contribution >= 4 is 23.2 Å². The van der Waals surface area contributed by atoms with Crippen LogP contribution in [0.15, 0.2) is 11.4 Å². The van der Waals surface area contributed by atoms with E-state index in [1.165, 1.54) is 16.2 Å². The van der Waals surface area contributed by atoms with Crippen LogP contribution in [-0.4, -0.2) is 41.6 Å². The van der Waals surface area contributed by atoms with Gasteiger partial charge in [0.1, 0.15) is 6.04 Å². The molecule has 1 atom stereocenters. The fourth-order valence-electron chi connectivity index (χ4n) is 2.19. The number of thiophene rings is 1. The maximum Gasteiger partial charge on any atom is 0.326 e. The molecule has 1 amide bonds. The van der Waals surface area contributed by atoms with Gasteiger partial charge >= 0.3 is 5.97 Å². The van der Waals surface area contributed by atoms with Crippen LogP contribution in [0.25, 0.3) is 0 Å². The Morgan fingerprint density at radius 1 is 1.61 bits per heavy atom. The Bertz CT molecular complexity index is 457. The minimum Gasteiger partial charge on any atom is -0.480 e. The molecule has 1 unspecified atom stereocenters. The normalized spacial score (nSPS) is 19.2. The largest absolute Gasteiger partial charge is 0.480 e. The highest BCUT2D eigenvalue weighted by molar-refractivity contribution is 7.12. The smallest absolute Gasteiger partial charge is 0.326 e. The number of carboxylic acid groups (broad SMARTS) is 1. The van der Waals surface area contributed by atoms with Crippen LogP contribution in [0.3, 0.4) is 0 Å². The van der Waals surface area contributed by atoms with Gasteiger partial charge < -0.3 is 14.7 Å². The molecule has 1 saturated heterocycles. The lowest BCUT2D eigenvalue weighted by Gasteiger charge is -2.21. The molecule has 6 heteroatoms. The van der Waals surface area contributed by atoms with Crippen molar-refractivity contribution in [3.8, 4) is 0 Å². The van der Waals surface area contributed by atoms with E-state index in [4.69, 9.17) is 9.84 Å². The number of amides is 1. The van der Waals surface area contributed by atoms with E-state index in [0.29, 0.717) is 24.4 Å². The molecule has 2 rings (SSSR count). The molecular formula is C12H15NO4S. The third-order valence-corrected chi connectivity index (χ3v) is 3.98. The van der Waals surface area contributed by atoms with E-state index in [2.05, 4.69) is 0 Å². The van der Waals surface area contributed by atoms with Crippen molar-refractivity contribution < 1.29 is 19.4 Å². The second-order valence-corrected chi connectivity index (χ2v) is 5.12. The van der Waals surface area contributed by atoms with Crippen molar-refractivity contribution in [1.29, 1.82) is 0 Å². The van der Waals surface area contributed by atoms with E-state index in [9.17, 15) is 9.59 Å². The molecule has 1 aliphatic rings. The molecule has 1 fully saturated rings. The van der Waals surface area contributed by atoms with Gasteiger partial charge in [0.15, 0.2) is 0 Å². The fourth-order valence-corrected chi connectivity index (χ4v) is 3.05. The third kappa shape index (κ3) is 2.39. The molecule has 1 N–H and O–H groups in total. The Kier molecular flexibility index (Phi) is 3.98. The molecule has 98 valence electrons. The molecule has 18 heavy (non-hydrogen) atoms. The number of rotatable bonds is 4. The highest BCUT2D eigenvalue weighted by atomic mass is 32.1. The van der Waals surface area contributed by atoms with Gasteiger partial charge in [0, 0.05) is 19.2 Å². The minimum atomic E-state index is -0.925. The summed E-state index contributed by atoms with van der Waals surface area (Å²) in [6.45, 7) is 0.885. The average Bonchev–Trinajstić information content (AvgIpc) is 2.96. The highest BCUT2D eigenvalue weighted by Gasteiger charge is 2.35. The lowest BCUT2D eigenvalue weighted by Crippen LogP contribution is -2.40. The Balaban J connectivity index is 2.20. The van der Waals surface area contributed by atoms with E-state index in [-0.39, 0.29) is 5.91 Å². The van der Waals surface area contributed by atoms with Crippen molar-refractivity contribution in [2.24, 2.45) is 0 Å². The quantitative estimate of drug-likeness (QED) is 0.901. The van der Waals surface area contributed by atoms with E-state index < -0.39 is 12.0 Å². The Hall–Kier alpha value is -1.40. The summed E-state index contributed by atoms with van der Waals surface area (Å²) < 4.78 is 5.03. The second kappa shape index (κ2) is 5.49. The average molecular weight is 269 g/mol. The van der Waals surface area contributed by atoms with Crippen molar-refractivity contribution in [2.45, 2.75) is 25.5 Å². The summed E-state index contributed by atoms with van der Waals surface area (Å²) >= 11 is 1.33. The maximum atomic E-state index is 12.3. The monoisotopic (exact) mass is 269 g/mol. The van der Waals surface area contributed by atoms with Crippen LogP contribution >= 0.6 is 11.3 Å². The first-order chi connectivity index (χ1) is 8.65. The van der Waals surface area contributed by atoms with Gasteiger partial charge in [-0.15, -0.1) is 11.3 Å². The standard InChI is InChI=1S/C12H15NO4S/c1-17-7-8-4-6-18-10(8)11(14)13-5-2-3-9(13)12(15)16/h4,6,9H,2-3,5,7H2,1H3,(H,15,16). The number of carboxylic acids is 1. The van der Waals surface area contributed by atoms with E-state index in [1.807, 2.05) is 11.4 Å². The molecule has 0 spiro atoms. The Morgan fingerprint density at radius 2 is 2.39 bits per heavy atom. The number of carbonyl (C=O) groups excluding carboxylic acids is 1. The molecule has 0 radical (unpaired) electrons. The zero-order chi connectivity index (χ0) is 13.1. The number of methoxy groups -OCH3 is 1. The van der Waals surface area contributed by atoms with Crippen LogP contribution in [0.2, 0.25) is 0 Å². The van der Waals surface area contributed by atoms with Gasteiger partial charge in [-0.2, -0.15) is 0 Å². The summed E-state index contributed by atoms with van der Waals surface area (Å²) in [5.41, 5.74) is 0.823. The van der Waals surface area contributed by atoms with Crippen LogP contribution in [0.5, 0.6) is 0 Å². The first kappa shape index (κ1) is 13.0. The number of carbonyl (C=O) groups is 2. The summed E-state index contributed by atoms with van der Waals surface area (Å²) in [6.07, 6.45) is 1.28. The Morgan fingerprint density at radius 3 is 3.06 bits per heavy atom. The van der Waals surface area contributed by atoms with Gasteiger partial charge in [-0.05, 0) is 24.3 Å². The first-order valence-electron chi connectivity index (χ1n) is 5.74. The van der Waals surface area contributed by atoms with Gasteiger partial charge in [-0.25, -0.2) is 4.79 Å².